The van der Waals surface area contributed by atoms with Gasteiger partial charge in [0.25, 0.3) is 0 Å². The van der Waals surface area contributed by atoms with Crippen molar-refractivity contribution in [1.82, 2.24) is 4.90 Å². The van der Waals surface area contributed by atoms with Crippen molar-refractivity contribution in [3.63, 3.8) is 0 Å². The van der Waals surface area contributed by atoms with E-state index >= 15 is 0 Å². The molecular formula is C23H40F2N2O2Si. The first-order chi connectivity index (χ1) is 13.5. The highest BCUT2D eigenvalue weighted by Gasteiger charge is 2.48. The van der Waals surface area contributed by atoms with Crippen LogP contribution in [0.5, 0.6) is 0 Å². The molecule has 1 aromatic carbocycles. The fourth-order valence-corrected chi connectivity index (χ4v) is 5.38. The van der Waals surface area contributed by atoms with Crippen LogP contribution in [0.25, 0.3) is 0 Å². The van der Waals surface area contributed by atoms with Crippen LogP contribution in [0.2, 0.25) is 18.1 Å². The smallest absolute Gasteiger partial charge is 0.192 e. The molecule has 30 heavy (non-hydrogen) atoms. The molecule has 1 aliphatic rings. The van der Waals surface area contributed by atoms with Crippen molar-refractivity contribution in [3.8, 4) is 0 Å². The standard InChI is InChI=1S/C23H40F2N2O2Si/c1-22(2,3)27-14-18(28)13-20(27)21(29-30(7,8)23(4,5)6)19(26)11-15-9-16(24)12-17(25)10-15/h9-10,12,18-21,28H,11,13-14,26H2,1-8H3/t18-,19+,20-,21+/m1/s1. The van der Waals surface area contributed by atoms with Gasteiger partial charge in [-0.1, -0.05) is 20.8 Å². The Kier molecular flexibility index (Phi) is 7.57. The van der Waals surface area contributed by atoms with E-state index in [4.69, 9.17) is 10.2 Å². The number of nitrogens with zero attached hydrogens (tertiary/aromatic N) is 1. The topological polar surface area (TPSA) is 58.7 Å². The van der Waals surface area contributed by atoms with Crippen molar-refractivity contribution in [1.29, 1.82) is 0 Å². The molecule has 0 amide bonds. The SMILES string of the molecule is CC(C)(C)N1C[C@H](O)C[C@@H]1[C@@H](O[Si](C)(C)C(C)(C)C)[C@@H](N)Cc1cc(F)cc(F)c1. The Balaban J connectivity index is 2.39. The van der Waals surface area contributed by atoms with E-state index in [2.05, 4.69) is 59.5 Å². The fourth-order valence-electron chi connectivity index (χ4n) is 4.01. The molecule has 1 heterocycles. The van der Waals surface area contributed by atoms with Crippen molar-refractivity contribution in [2.45, 2.75) is 102 Å². The van der Waals surface area contributed by atoms with Crippen molar-refractivity contribution in [2.24, 2.45) is 5.73 Å². The van der Waals surface area contributed by atoms with Crippen LogP contribution in [-0.2, 0) is 10.8 Å². The molecule has 0 aromatic heterocycles. The van der Waals surface area contributed by atoms with Gasteiger partial charge in [0.15, 0.2) is 8.32 Å². The summed E-state index contributed by atoms with van der Waals surface area (Å²) in [4.78, 5) is 2.27. The number of halogens is 2. The number of nitrogens with two attached hydrogens (primary N) is 1. The van der Waals surface area contributed by atoms with Gasteiger partial charge < -0.3 is 15.3 Å². The third-order valence-corrected chi connectivity index (χ3v) is 11.1. The number of rotatable bonds is 6. The van der Waals surface area contributed by atoms with E-state index in [0.29, 0.717) is 24.9 Å². The summed E-state index contributed by atoms with van der Waals surface area (Å²) in [6.45, 7) is 17.8. The van der Waals surface area contributed by atoms with Gasteiger partial charge in [-0.2, -0.15) is 0 Å². The summed E-state index contributed by atoms with van der Waals surface area (Å²) in [5.41, 5.74) is 7.03. The molecule has 2 rings (SSSR count). The lowest BCUT2D eigenvalue weighted by atomic mass is 9.93. The van der Waals surface area contributed by atoms with E-state index in [1.807, 2.05) is 0 Å². The van der Waals surface area contributed by atoms with Crippen molar-refractivity contribution in [3.05, 3.63) is 35.4 Å². The number of benzene rings is 1. The molecule has 1 aromatic rings. The van der Waals surface area contributed by atoms with Crippen LogP contribution in [-0.4, -0.2) is 54.7 Å². The van der Waals surface area contributed by atoms with E-state index in [0.717, 1.165) is 6.07 Å². The normalized spacial score (nSPS) is 23.6. The minimum atomic E-state index is -2.18. The van der Waals surface area contributed by atoms with Gasteiger partial charge in [-0.25, -0.2) is 8.78 Å². The predicted octanol–water partition coefficient (Wildman–Crippen LogP) is 4.46. The number of hydrogen-bond acceptors (Lipinski definition) is 4. The van der Waals surface area contributed by atoms with E-state index < -0.39 is 32.1 Å². The van der Waals surface area contributed by atoms with Gasteiger partial charge in [0, 0.05) is 30.2 Å². The Labute approximate surface area is 181 Å². The van der Waals surface area contributed by atoms with E-state index in [-0.39, 0.29) is 22.7 Å². The monoisotopic (exact) mass is 442 g/mol. The third kappa shape index (κ3) is 6.10. The Morgan fingerprint density at radius 3 is 2.13 bits per heavy atom. The molecular weight excluding hydrogens is 402 g/mol. The Bertz CT molecular complexity index is 711. The zero-order valence-electron chi connectivity index (χ0n) is 19.8. The molecule has 0 bridgehead atoms. The summed E-state index contributed by atoms with van der Waals surface area (Å²) in [7, 11) is -2.18. The summed E-state index contributed by atoms with van der Waals surface area (Å²) in [6.07, 6.45) is 0.0764. The molecule has 1 fully saturated rings. The fraction of sp³-hybridized carbons (Fsp3) is 0.739. The lowest BCUT2D eigenvalue weighted by Crippen LogP contribution is -2.59. The van der Waals surface area contributed by atoms with Gasteiger partial charge >= 0.3 is 0 Å². The van der Waals surface area contributed by atoms with Crippen LogP contribution in [0.15, 0.2) is 18.2 Å². The summed E-state index contributed by atoms with van der Waals surface area (Å²) >= 11 is 0. The van der Waals surface area contributed by atoms with Crippen LogP contribution < -0.4 is 5.73 Å². The second-order valence-corrected chi connectivity index (χ2v) is 16.0. The zero-order valence-corrected chi connectivity index (χ0v) is 20.8. The van der Waals surface area contributed by atoms with Crippen LogP contribution in [0.4, 0.5) is 8.78 Å². The van der Waals surface area contributed by atoms with Crippen LogP contribution >= 0.6 is 0 Å². The van der Waals surface area contributed by atoms with Gasteiger partial charge in [-0.3, -0.25) is 4.90 Å². The van der Waals surface area contributed by atoms with Crippen LogP contribution in [0.3, 0.4) is 0 Å². The van der Waals surface area contributed by atoms with Crippen molar-refractivity contribution in [2.75, 3.05) is 6.54 Å². The van der Waals surface area contributed by atoms with Crippen molar-refractivity contribution < 1.29 is 18.3 Å². The first kappa shape index (κ1) is 25.4. The summed E-state index contributed by atoms with van der Waals surface area (Å²) in [6, 6.07) is 3.00. The molecule has 1 aliphatic heterocycles. The van der Waals surface area contributed by atoms with E-state index in [9.17, 15) is 13.9 Å². The number of aliphatic hydroxyl groups excluding tert-OH is 1. The van der Waals surface area contributed by atoms with E-state index in [1.54, 1.807) is 0 Å². The Morgan fingerprint density at radius 1 is 1.13 bits per heavy atom. The van der Waals surface area contributed by atoms with Gasteiger partial charge in [0.2, 0.25) is 0 Å². The van der Waals surface area contributed by atoms with Crippen molar-refractivity contribution >= 4 is 8.32 Å². The van der Waals surface area contributed by atoms with Crippen LogP contribution in [0, 0.1) is 11.6 Å². The van der Waals surface area contributed by atoms with E-state index in [1.165, 1.54) is 12.1 Å². The molecule has 172 valence electrons. The minimum Gasteiger partial charge on any atom is -0.411 e. The molecule has 0 aliphatic carbocycles. The lowest BCUT2D eigenvalue weighted by Gasteiger charge is -2.47. The summed E-state index contributed by atoms with van der Waals surface area (Å²) in [5.74, 6) is -1.21. The van der Waals surface area contributed by atoms with Gasteiger partial charge in [-0.15, -0.1) is 0 Å². The van der Waals surface area contributed by atoms with Crippen LogP contribution in [0.1, 0.15) is 53.5 Å². The number of likely N-dealkylation sites (tertiary alicyclic amines) is 1. The Morgan fingerprint density at radius 2 is 1.67 bits per heavy atom. The maximum absolute atomic E-state index is 13.7. The second-order valence-electron chi connectivity index (χ2n) is 11.3. The quantitative estimate of drug-likeness (QED) is 0.639. The second kappa shape index (κ2) is 8.94. The third-order valence-electron chi connectivity index (χ3n) is 6.61. The van der Waals surface area contributed by atoms with Gasteiger partial charge in [-0.05, 0) is 69.4 Å². The van der Waals surface area contributed by atoms with Gasteiger partial charge in [0.1, 0.15) is 11.6 Å². The molecule has 1 saturated heterocycles. The first-order valence-corrected chi connectivity index (χ1v) is 13.8. The molecule has 4 nitrogen and oxygen atoms in total. The average Bonchev–Trinajstić information content (AvgIpc) is 2.92. The molecule has 4 atom stereocenters. The first-order valence-electron chi connectivity index (χ1n) is 10.8. The average molecular weight is 443 g/mol. The highest BCUT2D eigenvalue weighted by Crippen LogP contribution is 2.40. The molecule has 0 radical (unpaired) electrons. The number of aliphatic hydroxyl groups is 1. The zero-order chi connectivity index (χ0) is 23.1. The number of hydrogen-bond donors (Lipinski definition) is 2. The highest BCUT2D eigenvalue weighted by molar-refractivity contribution is 6.74. The highest BCUT2D eigenvalue weighted by atomic mass is 28.4. The lowest BCUT2D eigenvalue weighted by molar-refractivity contribution is 0.0189. The number of β-amino-alcohol motifs (C(OH)–C–C–N with tert-alkyl or cyclic N) is 1. The minimum absolute atomic E-state index is 0.0142. The summed E-state index contributed by atoms with van der Waals surface area (Å²) in [5, 5.41) is 10.4. The largest absolute Gasteiger partial charge is 0.411 e. The predicted molar refractivity (Wildman–Crippen MR) is 121 cm³/mol. The molecule has 3 N–H and O–H groups in total. The summed E-state index contributed by atoms with van der Waals surface area (Å²) < 4.78 is 34.3. The maximum atomic E-state index is 13.7. The Hall–Kier alpha value is -0.863. The molecule has 7 heteroatoms. The molecule has 0 spiro atoms. The molecule has 0 unspecified atom stereocenters. The maximum Gasteiger partial charge on any atom is 0.192 e. The van der Waals surface area contributed by atoms with Gasteiger partial charge in [0.05, 0.1) is 12.2 Å². The molecule has 0 saturated carbocycles.